The van der Waals surface area contributed by atoms with Gasteiger partial charge >= 0.3 is 10.4 Å². The van der Waals surface area contributed by atoms with Gasteiger partial charge in [0.15, 0.2) is 0 Å². The lowest BCUT2D eigenvalue weighted by Gasteiger charge is -2.15. The summed E-state index contributed by atoms with van der Waals surface area (Å²) in [5.41, 5.74) is 4.48. The Bertz CT molecular complexity index is 856. The Morgan fingerprint density at radius 3 is 2.28 bits per heavy atom. The summed E-state index contributed by atoms with van der Waals surface area (Å²) in [5, 5.41) is 4.47. The maximum absolute atomic E-state index is 13.2. The molecule has 0 aliphatic rings. The number of anilines is 1. The van der Waals surface area contributed by atoms with Gasteiger partial charge in [0.05, 0.1) is 18.5 Å². The summed E-state index contributed by atoms with van der Waals surface area (Å²) in [4.78, 5) is 0.405. The fourth-order valence-electron chi connectivity index (χ4n) is 3.16. The Morgan fingerprint density at radius 1 is 1.20 bits per heavy atom. The van der Waals surface area contributed by atoms with Crippen LogP contribution < -0.4 is 9.46 Å². The number of hydrogen-bond acceptors (Lipinski definition) is 3. The van der Waals surface area contributed by atoms with Crippen molar-refractivity contribution in [2.75, 3.05) is 11.8 Å². The van der Waals surface area contributed by atoms with Gasteiger partial charge in [-0.15, -0.1) is 0 Å². The first-order valence-electron chi connectivity index (χ1n) is 8.26. The van der Waals surface area contributed by atoms with Gasteiger partial charge in [0.2, 0.25) is 4.90 Å². The molecule has 6 nitrogen and oxygen atoms in total. The molecule has 1 heterocycles. The van der Waals surface area contributed by atoms with Gasteiger partial charge in [0.25, 0.3) is 0 Å². The second-order valence-corrected chi connectivity index (χ2v) is 8.35. The summed E-state index contributed by atoms with van der Waals surface area (Å²) in [6.45, 7) is 13.3. The second-order valence-electron chi connectivity index (χ2n) is 6.69. The van der Waals surface area contributed by atoms with Gasteiger partial charge in [0.1, 0.15) is 11.4 Å². The van der Waals surface area contributed by atoms with E-state index in [0.29, 0.717) is 27.6 Å². The molecular formula is C18H28N3O3S+. The van der Waals surface area contributed by atoms with Crippen molar-refractivity contribution >= 4 is 16.1 Å². The normalized spacial score (nSPS) is 13.8. The fraction of sp³-hybridized carbons (Fsp3) is 0.500. The van der Waals surface area contributed by atoms with Gasteiger partial charge < -0.3 is 4.74 Å². The van der Waals surface area contributed by atoms with E-state index in [2.05, 4.69) is 9.82 Å². The van der Waals surface area contributed by atoms with E-state index in [9.17, 15) is 8.76 Å². The Morgan fingerprint density at radius 2 is 1.80 bits per heavy atom. The molecule has 0 radical (unpaired) electrons. The monoisotopic (exact) mass is 366 g/mol. The first-order valence-corrected chi connectivity index (χ1v) is 9.77. The summed E-state index contributed by atoms with van der Waals surface area (Å²) in [7, 11) is -1.89. The minimum absolute atomic E-state index is 0.177. The highest BCUT2D eigenvalue weighted by atomic mass is 32.3. The molecule has 0 saturated carbocycles. The summed E-state index contributed by atoms with van der Waals surface area (Å²) in [6.07, 6.45) is 0. The first kappa shape index (κ1) is 19.5. The predicted molar refractivity (Wildman–Crippen MR) is 102 cm³/mol. The number of aryl methyl sites for hydroxylation is 2. The minimum atomic E-state index is -3.49. The van der Waals surface area contributed by atoms with Crippen LogP contribution >= 0.6 is 0 Å². The van der Waals surface area contributed by atoms with E-state index >= 15 is 0 Å². The molecule has 0 amide bonds. The molecule has 25 heavy (non-hydrogen) atoms. The number of nitrogens with one attached hydrogen (secondary N) is 1. The van der Waals surface area contributed by atoms with Crippen LogP contribution in [0, 0.1) is 34.6 Å². The van der Waals surface area contributed by atoms with E-state index in [4.69, 9.17) is 4.74 Å². The Labute approximate surface area is 151 Å². The molecular weight excluding hydrogens is 338 g/mol. The summed E-state index contributed by atoms with van der Waals surface area (Å²) >= 11 is 0. The summed E-state index contributed by atoms with van der Waals surface area (Å²) in [6, 6.07) is 1.97. The Hall–Kier alpha value is -1.86. The van der Waals surface area contributed by atoms with Crippen LogP contribution in [0.3, 0.4) is 0 Å². The van der Waals surface area contributed by atoms with Crippen molar-refractivity contribution in [2.24, 2.45) is 0 Å². The standard InChI is InChI=1S/C18H27N3O3S/c1-10(2)21-15(7)17(14(6)19-21)20-25(22,23)18-11(3)9-16(24-8)12(4)13(18)5/h9-10H,1-8H3,(H-,20,22,23)/p+1. The highest BCUT2D eigenvalue weighted by molar-refractivity contribution is 7.99. The van der Waals surface area contributed by atoms with Gasteiger partial charge in [0, 0.05) is 17.2 Å². The van der Waals surface area contributed by atoms with Crippen LogP contribution in [0.25, 0.3) is 0 Å². The molecule has 2 rings (SSSR count). The number of aromatic nitrogens is 2. The zero-order chi connectivity index (χ0) is 19.1. The molecule has 1 unspecified atom stereocenters. The van der Waals surface area contributed by atoms with Crippen molar-refractivity contribution in [3.05, 3.63) is 34.1 Å². The lowest BCUT2D eigenvalue weighted by molar-refractivity contribution is 0.410. The number of methoxy groups -OCH3 is 1. The molecule has 0 aliphatic heterocycles. The van der Waals surface area contributed by atoms with E-state index < -0.39 is 10.4 Å². The molecule has 0 spiro atoms. The summed E-state index contributed by atoms with van der Waals surface area (Å²) < 4.78 is 34.1. The summed E-state index contributed by atoms with van der Waals surface area (Å²) in [5.74, 6) is 0.717. The van der Waals surface area contributed by atoms with Gasteiger partial charge in [-0.25, -0.2) is 0 Å². The zero-order valence-corrected chi connectivity index (χ0v) is 17.0. The molecule has 0 fully saturated rings. The number of ether oxygens (including phenoxy) is 1. The predicted octanol–water partition coefficient (Wildman–Crippen LogP) is 4.37. The smallest absolute Gasteiger partial charge is 0.346 e. The van der Waals surface area contributed by atoms with Crippen LogP contribution in [0.5, 0.6) is 5.75 Å². The fourth-order valence-corrected chi connectivity index (χ4v) is 4.90. The largest absolute Gasteiger partial charge is 0.496 e. The van der Waals surface area contributed by atoms with E-state index in [1.807, 2.05) is 53.1 Å². The molecule has 0 saturated heterocycles. The third kappa shape index (κ3) is 3.43. The Kier molecular flexibility index (Phi) is 5.30. The van der Waals surface area contributed by atoms with Crippen LogP contribution in [0.4, 0.5) is 5.69 Å². The van der Waals surface area contributed by atoms with Gasteiger partial charge in [-0.3, -0.25) is 4.68 Å². The maximum Gasteiger partial charge on any atom is 0.346 e. The number of rotatable bonds is 5. The van der Waals surface area contributed by atoms with Crippen LogP contribution in [0.15, 0.2) is 11.0 Å². The highest BCUT2D eigenvalue weighted by Crippen LogP contribution is 2.35. The molecule has 2 N–H and O–H groups in total. The zero-order valence-electron chi connectivity index (χ0n) is 16.2. The average Bonchev–Trinajstić information content (AvgIpc) is 2.78. The van der Waals surface area contributed by atoms with E-state index in [1.165, 1.54) is 0 Å². The average molecular weight is 367 g/mol. The highest BCUT2D eigenvalue weighted by Gasteiger charge is 2.37. The number of nitrogens with zero attached hydrogens (tertiary/aromatic N) is 2. The van der Waals surface area contributed by atoms with Gasteiger partial charge in [-0.2, -0.15) is 14.4 Å². The van der Waals surface area contributed by atoms with Crippen molar-refractivity contribution in [1.82, 2.24) is 9.78 Å². The lowest BCUT2D eigenvalue weighted by Crippen LogP contribution is -2.24. The third-order valence-corrected chi connectivity index (χ3v) is 6.19. The molecule has 1 aromatic heterocycles. The second kappa shape index (κ2) is 6.80. The van der Waals surface area contributed by atoms with Crippen LogP contribution in [0.1, 0.15) is 48.0 Å². The number of benzene rings is 1. The molecule has 0 bridgehead atoms. The van der Waals surface area contributed by atoms with E-state index in [0.717, 1.165) is 16.8 Å². The molecule has 138 valence electrons. The van der Waals surface area contributed by atoms with E-state index in [1.54, 1.807) is 13.2 Å². The van der Waals surface area contributed by atoms with Gasteiger partial charge in [-0.1, -0.05) is 0 Å². The third-order valence-electron chi connectivity index (χ3n) is 4.53. The topological polar surface area (TPSA) is 76.4 Å². The SMILES string of the molecule is COc1cc(C)c([S+](=O)(O)Nc2c(C)nn(C(C)C)c2C)c(C)c1C. The minimum Gasteiger partial charge on any atom is -0.496 e. The Balaban J connectivity index is 2.55. The molecule has 0 aliphatic carbocycles. The lowest BCUT2D eigenvalue weighted by atomic mass is 10.1. The van der Waals surface area contributed by atoms with Crippen molar-refractivity contribution < 1.29 is 13.5 Å². The van der Waals surface area contributed by atoms with Crippen LogP contribution in [-0.4, -0.2) is 21.4 Å². The van der Waals surface area contributed by atoms with Crippen LogP contribution in [0.2, 0.25) is 0 Å². The molecule has 1 atom stereocenters. The maximum atomic E-state index is 13.2. The van der Waals surface area contributed by atoms with E-state index in [-0.39, 0.29) is 6.04 Å². The molecule has 1 aromatic carbocycles. The molecule has 2 aromatic rings. The first-order chi connectivity index (χ1) is 11.5. The molecule has 7 heteroatoms. The van der Waals surface area contributed by atoms with Crippen molar-refractivity contribution in [3.63, 3.8) is 0 Å². The van der Waals surface area contributed by atoms with Crippen molar-refractivity contribution in [2.45, 2.75) is 59.4 Å². The van der Waals surface area contributed by atoms with Crippen molar-refractivity contribution in [1.29, 1.82) is 0 Å². The van der Waals surface area contributed by atoms with Gasteiger partial charge in [-0.05, 0) is 64.3 Å². The quantitative estimate of drug-likeness (QED) is 0.770. The van der Waals surface area contributed by atoms with Crippen LogP contribution in [-0.2, 0) is 14.6 Å². The van der Waals surface area contributed by atoms with Crippen molar-refractivity contribution in [3.8, 4) is 5.75 Å². The number of hydrogen-bond donors (Lipinski definition) is 2.